The van der Waals surface area contributed by atoms with Gasteiger partial charge in [0.1, 0.15) is 18.5 Å². The van der Waals surface area contributed by atoms with Crippen LogP contribution in [-0.4, -0.2) is 70.0 Å². The second-order valence-electron chi connectivity index (χ2n) is 6.17. The second kappa shape index (κ2) is 9.05. The number of nitrogens with zero attached hydrogens (tertiary/aromatic N) is 1. The molecule has 2 N–H and O–H groups in total. The molecule has 1 fully saturated rings. The van der Waals surface area contributed by atoms with E-state index in [-0.39, 0.29) is 16.8 Å². The third-order valence-electron chi connectivity index (χ3n) is 3.85. The van der Waals surface area contributed by atoms with Crippen molar-refractivity contribution in [3.63, 3.8) is 0 Å². The van der Waals surface area contributed by atoms with Crippen LogP contribution < -0.4 is 5.73 Å². The van der Waals surface area contributed by atoms with Crippen molar-refractivity contribution < 1.29 is 42.9 Å². The number of hydrogen-bond acceptors (Lipinski definition) is 12. The zero-order chi connectivity index (χ0) is 21.9. The quantitative estimate of drug-likeness (QED) is 0.337. The van der Waals surface area contributed by atoms with Crippen LogP contribution >= 0.6 is 24.0 Å². The van der Waals surface area contributed by atoms with Crippen LogP contribution in [0.25, 0.3) is 0 Å². The van der Waals surface area contributed by atoms with E-state index >= 15 is 0 Å². The average Bonchev–Trinajstić information content (AvgIpc) is 2.85. The van der Waals surface area contributed by atoms with Crippen LogP contribution in [0.3, 0.4) is 0 Å². The van der Waals surface area contributed by atoms with Gasteiger partial charge in [-0.3, -0.25) is 19.2 Å². The standard InChI is InChI=1S/C16H20N2O9S2/c1-6(19)23-5-10-11(24-7(2)20)12(25-8(3)21)13(26-9(4)22)16(27-10)14(17)18-15(28)29-16/h10-13H,5H2,1-4H3,(H2,17,18,28)/t10-,11+,12+,13-,16+/m1/s1. The molecule has 0 amide bonds. The van der Waals surface area contributed by atoms with E-state index in [0.29, 0.717) is 0 Å². The van der Waals surface area contributed by atoms with Gasteiger partial charge in [0.25, 0.3) is 0 Å². The molecule has 1 saturated heterocycles. The normalized spacial score (nSPS) is 31.0. The van der Waals surface area contributed by atoms with Crippen LogP contribution in [0.5, 0.6) is 0 Å². The minimum atomic E-state index is -1.66. The summed E-state index contributed by atoms with van der Waals surface area (Å²) in [7, 11) is 0. The van der Waals surface area contributed by atoms with Crippen LogP contribution in [0.4, 0.5) is 0 Å². The van der Waals surface area contributed by atoms with E-state index < -0.39 is 53.2 Å². The number of carbonyl (C=O) groups is 4. The highest BCUT2D eigenvalue weighted by Crippen LogP contribution is 2.46. The Morgan fingerprint density at radius 3 is 2.03 bits per heavy atom. The Balaban J connectivity index is 2.57. The Hall–Kier alpha value is -2.25. The van der Waals surface area contributed by atoms with Crippen LogP contribution in [0.2, 0.25) is 0 Å². The molecule has 0 saturated carbocycles. The van der Waals surface area contributed by atoms with E-state index in [9.17, 15) is 19.2 Å². The minimum Gasteiger partial charge on any atom is -0.463 e. The van der Waals surface area contributed by atoms with E-state index in [1.54, 1.807) is 0 Å². The molecule has 2 aliphatic rings. The molecule has 0 bridgehead atoms. The lowest BCUT2D eigenvalue weighted by Crippen LogP contribution is -2.69. The largest absolute Gasteiger partial charge is 0.463 e. The van der Waals surface area contributed by atoms with Gasteiger partial charge in [-0.2, -0.15) is 0 Å². The van der Waals surface area contributed by atoms with Crippen molar-refractivity contribution >= 4 is 58.0 Å². The molecule has 1 spiro atoms. The molecule has 160 valence electrons. The van der Waals surface area contributed by atoms with Crippen LogP contribution in [0.15, 0.2) is 4.99 Å². The molecule has 0 aromatic rings. The number of thioether (sulfide) groups is 1. The number of thiocarbonyl (C=S) groups is 1. The zero-order valence-corrected chi connectivity index (χ0v) is 17.7. The van der Waals surface area contributed by atoms with Crippen molar-refractivity contribution in [3.8, 4) is 0 Å². The van der Waals surface area contributed by atoms with Crippen molar-refractivity contribution in [1.29, 1.82) is 0 Å². The lowest BCUT2D eigenvalue weighted by Gasteiger charge is -2.48. The van der Waals surface area contributed by atoms with Gasteiger partial charge in [0.15, 0.2) is 22.6 Å². The van der Waals surface area contributed by atoms with Gasteiger partial charge in [0.05, 0.1) is 0 Å². The molecular weight excluding hydrogens is 428 g/mol. The van der Waals surface area contributed by atoms with Crippen molar-refractivity contribution in [2.45, 2.75) is 57.0 Å². The third kappa shape index (κ3) is 5.22. The second-order valence-corrected chi connectivity index (χ2v) is 8.01. The van der Waals surface area contributed by atoms with Gasteiger partial charge in [0, 0.05) is 27.7 Å². The van der Waals surface area contributed by atoms with E-state index in [1.165, 1.54) is 6.92 Å². The lowest BCUT2D eigenvalue weighted by atomic mass is 9.93. The predicted octanol–water partition coefficient (Wildman–Crippen LogP) is -0.171. The molecule has 2 heterocycles. The van der Waals surface area contributed by atoms with Crippen molar-refractivity contribution in [1.82, 2.24) is 0 Å². The van der Waals surface area contributed by atoms with Gasteiger partial charge in [-0.25, -0.2) is 4.99 Å². The summed E-state index contributed by atoms with van der Waals surface area (Å²) in [5.74, 6) is -2.95. The number of aliphatic imine (C=N–C) groups is 1. The molecule has 0 unspecified atom stereocenters. The summed E-state index contributed by atoms with van der Waals surface area (Å²) in [4.78, 5) is 48.8. The fourth-order valence-electron chi connectivity index (χ4n) is 2.94. The highest BCUT2D eigenvalue weighted by molar-refractivity contribution is 8.24. The number of rotatable bonds is 5. The van der Waals surface area contributed by atoms with Crippen molar-refractivity contribution in [3.05, 3.63) is 0 Å². The Labute approximate surface area is 175 Å². The van der Waals surface area contributed by atoms with E-state index in [0.717, 1.165) is 32.5 Å². The summed E-state index contributed by atoms with van der Waals surface area (Å²) in [5.41, 5.74) is 6.03. The zero-order valence-electron chi connectivity index (χ0n) is 16.0. The molecule has 0 aromatic heterocycles. The van der Waals surface area contributed by atoms with Gasteiger partial charge in [-0.05, 0) is 11.8 Å². The van der Waals surface area contributed by atoms with Crippen LogP contribution in [0, 0.1) is 0 Å². The first-order valence-corrected chi connectivity index (χ1v) is 9.59. The first kappa shape index (κ1) is 23.0. The summed E-state index contributed by atoms with van der Waals surface area (Å²) in [6.45, 7) is 4.21. The summed E-state index contributed by atoms with van der Waals surface area (Å²) in [6, 6.07) is 0. The molecule has 11 nitrogen and oxygen atoms in total. The maximum Gasteiger partial charge on any atom is 0.303 e. The number of hydrogen-bond donors (Lipinski definition) is 1. The summed E-state index contributed by atoms with van der Waals surface area (Å²) < 4.78 is 27.1. The maximum absolute atomic E-state index is 11.8. The minimum absolute atomic E-state index is 0.0957. The molecule has 0 aromatic carbocycles. The van der Waals surface area contributed by atoms with Gasteiger partial charge < -0.3 is 29.4 Å². The Kier molecular flexibility index (Phi) is 7.19. The number of amidine groups is 1. The SMILES string of the molecule is CC(=O)OC[C@H]1O[C@]2(SC(=S)N=C2N)[C@H](OC(C)=O)[C@@H](OC(C)=O)[C@H]1OC(C)=O. The fourth-order valence-corrected chi connectivity index (χ4v) is 4.43. The Bertz CT molecular complexity index is 771. The Morgan fingerprint density at radius 1 is 1.03 bits per heavy atom. The molecule has 5 atom stereocenters. The third-order valence-corrected chi connectivity index (χ3v) is 5.29. The van der Waals surface area contributed by atoms with Crippen LogP contribution in [-0.2, 0) is 42.9 Å². The van der Waals surface area contributed by atoms with Gasteiger partial charge in [-0.15, -0.1) is 0 Å². The number of ether oxygens (including phenoxy) is 5. The highest BCUT2D eigenvalue weighted by Gasteiger charge is 2.64. The average molecular weight is 448 g/mol. The van der Waals surface area contributed by atoms with Crippen molar-refractivity contribution in [2.24, 2.45) is 10.7 Å². The molecule has 2 rings (SSSR count). The predicted molar refractivity (Wildman–Crippen MR) is 103 cm³/mol. The number of nitrogens with two attached hydrogens (primary N) is 1. The van der Waals surface area contributed by atoms with E-state index in [2.05, 4.69) is 4.99 Å². The van der Waals surface area contributed by atoms with Gasteiger partial charge in [-0.1, -0.05) is 12.2 Å². The molecule has 13 heteroatoms. The molecular formula is C16H20N2O9S2. The van der Waals surface area contributed by atoms with Crippen molar-refractivity contribution in [2.75, 3.05) is 6.61 Å². The van der Waals surface area contributed by atoms with Crippen LogP contribution in [0.1, 0.15) is 27.7 Å². The first-order valence-electron chi connectivity index (χ1n) is 8.36. The molecule has 0 radical (unpaired) electrons. The van der Waals surface area contributed by atoms with E-state index in [4.69, 9.17) is 41.6 Å². The summed E-state index contributed by atoms with van der Waals surface area (Å²) >= 11 is 5.95. The first-order chi connectivity index (χ1) is 13.5. The van der Waals surface area contributed by atoms with Gasteiger partial charge >= 0.3 is 23.9 Å². The monoisotopic (exact) mass is 448 g/mol. The number of carbonyl (C=O) groups excluding carboxylic acids is 4. The molecule has 0 aliphatic carbocycles. The Morgan fingerprint density at radius 2 is 1.59 bits per heavy atom. The molecule has 2 aliphatic heterocycles. The fraction of sp³-hybridized carbons (Fsp3) is 0.625. The highest BCUT2D eigenvalue weighted by atomic mass is 32.2. The maximum atomic E-state index is 11.8. The summed E-state index contributed by atoms with van der Waals surface area (Å²) in [5, 5.41) is 0. The van der Waals surface area contributed by atoms with Gasteiger partial charge in [0.2, 0.25) is 4.93 Å². The smallest absolute Gasteiger partial charge is 0.303 e. The lowest BCUT2D eigenvalue weighted by molar-refractivity contribution is -0.248. The molecule has 29 heavy (non-hydrogen) atoms. The number of esters is 4. The van der Waals surface area contributed by atoms with E-state index in [1.807, 2.05) is 0 Å². The topological polar surface area (TPSA) is 153 Å². The summed E-state index contributed by atoms with van der Waals surface area (Å²) in [6.07, 6.45) is -5.08.